The molecule has 3 heteroatoms. The maximum Gasteiger partial charge on any atom is 0.253 e. The molecule has 0 aliphatic rings. The van der Waals surface area contributed by atoms with Crippen molar-refractivity contribution in [2.24, 2.45) is 17.6 Å². The van der Waals surface area contributed by atoms with E-state index in [1.807, 2.05) is 0 Å². The molecule has 14 heavy (non-hydrogen) atoms. The monoisotopic (exact) mass is 217 g/mol. The van der Waals surface area contributed by atoms with E-state index in [9.17, 15) is 0 Å². The molecule has 0 aromatic carbocycles. The lowest BCUT2D eigenvalue weighted by atomic mass is 9.98. The first-order valence-corrected chi connectivity index (χ1v) is 5.85. The van der Waals surface area contributed by atoms with E-state index in [4.69, 9.17) is 10.5 Å². The SMILES string of the molecule is CC(C)CCCC(C)CCOC(N)=S. The number of thiocarbonyl (C=S) groups is 1. The van der Waals surface area contributed by atoms with Crippen molar-refractivity contribution < 1.29 is 4.74 Å². The average Bonchev–Trinajstić information content (AvgIpc) is 2.02. The Balaban J connectivity index is 3.27. The topological polar surface area (TPSA) is 35.2 Å². The summed E-state index contributed by atoms with van der Waals surface area (Å²) in [5, 5.41) is 0.166. The van der Waals surface area contributed by atoms with Gasteiger partial charge in [-0.1, -0.05) is 40.0 Å². The Hall–Kier alpha value is -0.310. The first-order valence-electron chi connectivity index (χ1n) is 5.44. The lowest BCUT2D eigenvalue weighted by molar-refractivity contribution is 0.268. The minimum absolute atomic E-state index is 0.166. The highest BCUT2D eigenvalue weighted by Crippen LogP contribution is 2.14. The second-order valence-corrected chi connectivity index (χ2v) is 4.79. The normalized spacial score (nSPS) is 12.9. The molecule has 0 aromatic rings. The van der Waals surface area contributed by atoms with Crippen LogP contribution in [0.5, 0.6) is 0 Å². The molecule has 1 unspecified atom stereocenters. The van der Waals surface area contributed by atoms with Crippen LogP contribution in [0.15, 0.2) is 0 Å². The van der Waals surface area contributed by atoms with Crippen molar-refractivity contribution in [3.63, 3.8) is 0 Å². The Bertz CT molecular complexity index is 159. The summed E-state index contributed by atoms with van der Waals surface area (Å²) in [4.78, 5) is 0. The number of hydrogen-bond acceptors (Lipinski definition) is 2. The highest BCUT2D eigenvalue weighted by Gasteiger charge is 2.03. The van der Waals surface area contributed by atoms with Gasteiger partial charge in [0.1, 0.15) is 0 Å². The lowest BCUT2D eigenvalue weighted by Gasteiger charge is -2.12. The molecule has 0 bridgehead atoms. The summed E-state index contributed by atoms with van der Waals surface area (Å²) >= 11 is 4.62. The summed E-state index contributed by atoms with van der Waals surface area (Å²) in [7, 11) is 0. The zero-order chi connectivity index (χ0) is 11.0. The summed E-state index contributed by atoms with van der Waals surface area (Å²) in [5.74, 6) is 1.53. The van der Waals surface area contributed by atoms with E-state index in [-0.39, 0.29) is 5.17 Å². The molecule has 0 rings (SSSR count). The standard InChI is InChI=1S/C11H23NOS/c1-9(2)5-4-6-10(3)7-8-13-11(12)14/h9-10H,4-8H2,1-3H3,(H2,12,14). The molecule has 84 valence electrons. The van der Waals surface area contributed by atoms with Crippen LogP contribution in [0.3, 0.4) is 0 Å². The zero-order valence-electron chi connectivity index (χ0n) is 9.58. The molecule has 0 aromatic heterocycles. The van der Waals surface area contributed by atoms with Crippen molar-refractivity contribution in [3.8, 4) is 0 Å². The van der Waals surface area contributed by atoms with Crippen molar-refractivity contribution in [2.75, 3.05) is 6.61 Å². The van der Waals surface area contributed by atoms with Gasteiger partial charge in [-0.25, -0.2) is 0 Å². The Morgan fingerprint density at radius 2 is 1.86 bits per heavy atom. The fourth-order valence-electron chi connectivity index (χ4n) is 1.38. The fourth-order valence-corrected chi connectivity index (χ4v) is 1.46. The number of ether oxygens (including phenoxy) is 1. The van der Waals surface area contributed by atoms with Gasteiger partial charge in [0.05, 0.1) is 6.61 Å². The predicted molar refractivity (Wildman–Crippen MR) is 65.2 cm³/mol. The molecule has 1 atom stereocenters. The van der Waals surface area contributed by atoms with Crippen LogP contribution < -0.4 is 5.73 Å². The second-order valence-electron chi connectivity index (χ2n) is 4.39. The fraction of sp³-hybridized carbons (Fsp3) is 0.909. The van der Waals surface area contributed by atoms with Crippen LogP contribution in [0, 0.1) is 11.8 Å². The third-order valence-corrected chi connectivity index (χ3v) is 2.45. The summed E-state index contributed by atoms with van der Waals surface area (Å²) in [6.07, 6.45) is 4.96. The van der Waals surface area contributed by atoms with Gasteiger partial charge in [0, 0.05) is 0 Å². The van der Waals surface area contributed by atoms with Crippen LogP contribution in [-0.4, -0.2) is 11.8 Å². The highest BCUT2D eigenvalue weighted by atomic mass is 32.1. The summed E-state index contributed by atoms with van der Waals surface area (Å²) in [6.45, 7) is 7.45. The van der Waals surface area contributed by atoms with Gasteiger partial charge in [0.25, 0.3) is 5.17 Å². The largest absolute Gasteiger partial charge is 0.471 e. The van der Waals surface area contributed by atoms with E-state index >= 15 is 0 Å². The van der Waals surface area contributed by atoms with Crippen LogP contribution in [0.25, 0.3) is 0 Å². The Labute approximate surface area is 93.2 Å². The predicted octanol–water partition coefficient (Wildman–Crippen LogP) is 3.10. The average molecular weight is 217 g/mol. The second kappa shape index (κ2) is 8.04. The van der Waals surface area contributed by atoms with Crippen LogP contribution in [-0.2, 0) is 4.74 Å². The molecular weight excluding hydrogens is 194 g/mol. The van der Waals surface area contributed by atoms with Crippen molar-refractivity contribution in [1.82, 2.24) is 0 Å². The van der Waals surface area contributed by atoms with Crippen LogP contribution in [0.4, 0.5) is 0 Å². The van der Waals surface area contributed by atoms with Crippen molar-refractivity contribution in [1.29, 1.82) is 0 Å². The van der Waals surface area contributed by atoms with E-state index in [1.54, 1.807) is 0 Å². The van der Waals surface area contributed by atoms with Gasteiger partial charge < -0.3 is 10.5 Å². The van der Waals surface area contributed by atoms with Gasteiger partial charge in [0.2, 0.25) is 0 Å². The first kappa shape index (κ1) is 13.7. The van der Waals surface area contributed by atoms with Gasteiger partial charge >= 0.3 is 0 Å². The van der Waals surface area contributed by atoms with E-state index < -0.39 is 0 Å². The number of hydrogen-bond donors (Lipinski definition) is 1. The van der Waals surface area contributed by atoms with Gasteiger partial charge in [-0.05, 0) is 30.5 Å². The van der Waals surface area contributed by atoms with Gasteiger partial charge in [0.15, 0.2) is 0 Å². The third kappa shape index (κ3) is 9.78. The number of rotatable bonds is 7. The van der Waals surface area contributed by atoms with Gasteiger partial charge in [-0.3, -0.25) is 0 Å². The van der Waals surface area contributed by atoms with Crippen molar-refractivity contribution >= 4 is 17.4 Å². The van der Waals surface area contributed by atoms with E-state index in [2.05, 4.69) is 33.0 Å². The van der Waals surface area contributed by atoms with Crippen LogP contribution >= 0.6 is 12.2 Å². The highest BCUT2D eigenvalue weighted by molar-refractivity contribution is 7.80. The third-order valence-electron chi connectivity index (χ3n) is 2.33. The summed E-state index contributed by atoms with van der Waals surface area (Å²) in [6, 6.07) is 0. The molecule has 0 aliphatic carbocycles. The van der Waals surface area contributed by atoms with Crippen molar-refractivity contribution in [3.05, 3.63) is 0 Å². The quantitative estimate of drug-likeness (QED) is 0.666. The molecule has 0 radical (unpaired) electrons. The van der Waals surface area contributed by atoms with E-state index in [0.29, 0.717) is 12.5 Å². The molecule has 2 nitrogen and oxygen atoms in total. The van der Waals surface area contributed by atoms with Crippen LogP contribution in [0.2, 0.25) is 0 Å². The van der Waals surface area contributed by atoms with E-state index in [0.717, 1.165) is 12.3 Å². The van der Waals surface area contributed by atoms with Crippen molar-refractivity contribution in [2.45, 2.75) is 46.5 Å². The Morgan fingerprint density at radius 1 is 1.21 bits per heavy atom. The molecule has 0 spiro atoms. The minimum atomic E-state index is 0.166. The Kier molecular flexibility index (Phi) is 7.86. The van der Waals surface area contributed by atoms with Gasteiger partial charge in [-0.2, -0.15) is 0 Å². The molecule has 0 saturated heterocycles. The molecule has 0 amide bonds. The number of nitrogens with two attached hydrogens (primary N) is 1. The Morgan fingerprint density at radius 3 is 2.36 bits per heavy atom. The molecular formula is C11H23NOS. The van der Waals surface area contributed by atoms with Gasteiger partial charge in [-0.15, -0.1) is 0 Å². The summed E-state index contributed by atoms with van der Waals surface area (Å²) < 4.78 is 5.05. The first-order chi connectivity index (χ1) is 6.52. The van der Waals surface area contributed by atoms with Crippen LogP contribution in [0.1, 0.15) is 46.5 Å². The molecule has 0 saturated carbocycles. The smallest absolute Gasteiger partial charge is 0.253 e. The maximum absolute atomic E-state index is 5.23. The molecule has 2 N–H and O–H groups in total. The zero-order valence-corrected chi connectivity index (χ0v) is 10.4. The van der Waals surface area contributed by atoms with E-state index in [1.165, 1.54) is 19.3 Å². The molecule has 0 aliphatic heterocycles. The maximum atomic E-state index is 5.23. The summed E-state index contributed by atoms with van der Waals surface area (Å²) in [5.41, 5.74) is 5.23. The minimum Gasteiger partial charge on any atom is -0.471 e. The molecule has 0 heterocycles. The molecule has 0 fully saturated rings. The lowest BCUT2D eigenvalue weighted by Crippen LogP contribution is -2.14.